The molecule has 2 saturated carbocycles. The third kappa shape index (κ3) is 2.28. The van der Waals surface area contributed by atoms with Crippen molar-refractivity contribution in [3.05, 3.63) is 29.8 Å². The van der Waals surface area contributed by atoms with E-state index in [9.17, 15) is 19.1 Å². The lowest BCUT2D eigenvalue weighted by molar-refractivity contribution is -0.0540. The Morgan fingerprint density at radius 1 is 1.33 bits per heavy atom. The third-order valence-corrected chi connectivity index (χ3v) is 5.02. The van der Waals surface area contributed by atoms with Gasteiger partial charge in [-0.1, -0.05) is 24.6 Å². The van der Waals surface area contributed by atoms with E-state index in [0.717, 1.165) is 19.3 Å². The summed E-state index contributed by atoms with van der Waals surface area (Å²) in [7, 11) is 0. The molecule has 0 radical (unpaired) electrons. The molecule has 1 N–H and O–H groups in total. The van der Waals surface area contributed by atoms with Crippen LogP contribution in [0.25, 0.3) is 0 Å². The van der Waals surface area contributed by atoms with Crippen LogP contribution in [0.5, 0.6) is 5.75 Å². The number of rotatable bonds is 4. The van der Waals surface area contributed by atoms with Crippen LogP contribution in [0.3, 0.4) is 0 Å². The smallest absolute Gasteiger partial charge is 0.387 e. The monoisotopic (exact) mass is 293 g/mol. The lowest BCUT2D eigenvalue weighted by atomic mass is 9.68. The molecule has 2 aliphatic carbocycles. The van der Waals surface area contributed by atoms with Crippen molar-refractivity contribution >= 4 is 0 Å². The number of halogens is 2. The van der Waals surface area contributed by atoms with Crippen LogP contribution in [0.2, 0.25) is 0 Å². The van der Waals surface area contributed by atoms with Gasteiger partial charge in [-0.15, -0.1) is 0 Å². The van der Waals surface area contributed by atoms with Crippen molar-refractivity contribution in [3.63, 3.8) is 0 Å². The number of ether oxygens (including phenoxy) is 1. The van der Waals surface area contributed by atoms with E-state index in [-0.39, 0.29) is 17.2 Å². The minimum atomic E-state index is -2.95. The Morgan fingerprint density at radius 2 is 2.10 bits per heavy atom. The number of hydrogen-bond acceptors (Lipinski definition) is 3. The van der Waals surface area contributed by atoms with E-state index in [1.165, 1.54) is 6.07 Å². The van der Waals surface area contributed by atoms with Gasteiger partial charge in [-0.3, -0.25) is 0 Å². The van der Waals surface area contributed by atoms with Gasteiger partial charge < -0.3 is 9.84 Å². The Balaban J connectivity index is 1.95. The molecule has 1 aromatic carbocycles. The second kappa shape index (κ2) is 5.27. The number of para-hydroxylation sites is 1. The van der Waals surface area contributed by atoms with E-state index in [2.05, 4.69) is 10.8 Å². The fourth-order valence-corrected chi connectivity index (χ4v) is 4.09. The van der Waals surface area contributed by atoms with Gasteiger partial charge in [-0.05, 0) is 37.2 Å². The van der Waals surface area contributed by atoms with Crippen LogP contribution in [-0.4, -0.2) is 11.7 Å². The van der Waals surface area contributed by atoms with Gasteiger partial charge in [-0.25, -0.2) is 0 Å². The molecule has 0 aliphatic heterocycles. The molecule has 2 bridgehead atoms. The summed E-state index contributed by atoms with van der Waals surface area (Å²) in [5.74, 6) is 0.562. The fraction of sp³-hybridized carbons (Fsp3) is 0.562. The minimum Gasteiger partial charge on any atom is -0.434 e. The van der Waals surface area contributed by atoms with Crippen LogP contribution in [0.4, 0.5) is 8.78 Å². The van der Waals surface area contributed by atoms with E-state index < -0.39 is 18.1 Å². The molecular formula is C16H17F2NO2. The summed E-state index contributed by atoms with van der Waals surface area (Å²) in [4.78, 5) is 0. The largest absolute Gasteiger partial charge is 0.434 e. The van der Waals surface area contributed by atoms with Gasteiger partial charge >= 0.3 is 6.61 Å². The molecule has 0 amide bonds. The number of aliphatic hydroxyl groups excluding tert-OH is 1. The number of nitriles is 1. The van der Waals surface area contributed by atoms with Crippen molar-refractivity contribution in [3.8, 4) is 11.8 Å². The third-order valence-electron chi connectivity index (χ3n) is 5.02. The van der Waals surface area contributed by atoms with Crippen molar-refractivity contribution in [1.82, 2.24) is 0 Å². The average Bonchev–Trinajstić information content (AvgIpc) is 3.07. The second-order valence-corrected chi connectivity index (χ2v) is 6.05. The van der Waals surface area contributed by atoms with Crippen LogP contribution >= 0.6 is 0 Å². The number of aliphatic hydroxyl groups is 1. The summed E-state index contributed by atoms with van der Waals surface area (Å²) in [6.07, 6.45) is 2.51. The Hall–Kier alpha value is -1.67. The quantitative estimate of drug-likeness (QED) is 0.922. The van der Waals surface area contributed by atoms with Crippen molar-refractivity contribution in [2.75, 3.05) is 0 Å². The Labute approximate surface area is 122 Å². The predicted octanol–water partition coefficient (Wildman–Crippen LogP) is 3.65. The molecule has 4 unspecified atom stereocenters. The van der Waals surface area contributed by atoms with Gasteiger partial charge in [0.2, 0.25) is 0 Å². The maximum Gasteiger partial charge on any atom is 0.387 e. The number of hydrogen-bond donors (Lipinski definition) is 1. The lowest BCUT2D eigenvalue weighted by Crippen LogP contribution is -2.33. The van der Waals surface area contributed by atoms with E-state index in [4.69, 9.17) is 0 Å². The molecule has 3 rings (SSSR count). The van der Waals surface area contributed by atoms with Crippen LogP contribution in [-0.2, 0) is 0 Å². The van der Waals surface area contributed by atoms with Gasteiger partial charge in [0, 0.05) is 5.56 Å². The zero-order valence-corrected chi connectivity index (χ0v) is 11.5. The molecule has 112 valence electrons. The molecule has 3 nitrogen and oxygen atoms in total. The highest BCUT2D eigenvalue weighted by molar-refractivity contribution is 5.38. The van der Waals surface area contributed by atoms with Gasteiger partial charge in [0.25, 0.3) is 0 Å². The Morgan fingerprint density at radius 3 is 2.67 bits per heavy atom. The number of nitrogens with zero attached hydrogens (tertiary/aromatic N) is 1. The molecular weight excluding hydrogens is 276 g/mol. The molecule has 1 aromatic rings. The first kappa shape index (κ1) is 14.3. The van der Waals surface area contributed by atoms with Crippen LogP contribution in [0, 0.1) is 28.6 Å². The summed E-state index contributed by atoms with van der Waals surface area (Å²) in [6, 6.07) is 8.50. The highest BCUT2D eigenvalue weighted by Crippen LogP contribution is 2.61. The first-order valence-electron chi connectivity index (χ1n) is 7.20. The molecule has 0 spiro atoms. The highest BCUT2D eigenvalue weighted by Gasteiger charge is 2.56. The van der Waals surface area contributed by atoms with E-state index in [1.54, 1.807) is 18.2 Å². The molecule has 5 heteroatoms. The predicted molar refractivity (Wildman–Crippen MR) is 71.5 cm³/mol. The summed E-state index contributed by atoms with van der Waals surface area (Å²) >= 11 is 0. The molecule has 2 fully saturated rings. The number of benzene rings is 1. The number of fused-ring (bicyclic) bond motifs is 2. The van der Waals surface area contributed by atoms with E-state index in [0.29, 0.717) is 12.3 Å². The molecule has 0 heterocycles. The van der Waals surface area contributed by atoms with Gasteiger partial charge in [0.15, 0.2) is 0 Å². The zero-order valence-electron chi connectivity index (χ0n) is 11.5. The molecule has 2 aliphatic rings. The summed E-state index contributed by atoms with van der Waals surface area (Å²) in [5.41, 5.74) is -0.586. The van der Waals surface area contributed by atoms with E-state index in [1.807, 2.05) is 0 Å². The minimum absolute atomic E-state index is 0.0441. The summed E-state index contributed by atoms with van der Waals surface area (Å²) < 4.78 is 29.5. The maximum absolute atomic E-state index is 12.5. The highest BCUT2D eigenvalue weighted by atomic mass is 19.3. The summed E-state index contributed by atoms with van der Waals surface area (Å²) in [5, 5.41) is 20.4. The lowest BCUT2D eigenvalue weighted by Gasteiger charge is -2.36. The Kier molecular flexibility index (Phi) is 3.58. The van der Waals surface area contributed by atoms with E-state index >= 15 is 0 Å². The second-order valence-electron chi connectivity index (χ2n) is 6.05. The van der Waals surface area contributed by atoms with Crippen LogP contribution in [0.15, 0.2) is 24.3 Å². The Bertz CT molecular complexity index is 572. The average molecular weight is 293 g/mol. The first-order chi connectivity index (χ1) is 10.1. The van der Waals surface area contributed by atoms with Crippen molar-refractivity contribution in [1.29, 1.82) is 5.26 Å². The molecule has 21 heavy (non-hydrogen) atoms. The SMILES string of the molecule is N#CC1(C(O)c2ccccc2OC(F)F)CC2CCC1C2. The van der Waals surface area contributed by atoms with Crippen molar-refractivity contribution in [2.24, 2.45) is 17.3 Å². The van der Waals surface area contributed by atoms with Gasteiger partial charge in [-0.2, -0.15) is 14.0 Å². The van der Waals surface area contributed by atoms with Crippen molar-refractivity contribution < 1.29 is 18.6 Å². The summed E-state index contributed by atoms with van der Waals surface area (Å²) in [6.45, 7) is -2.95. The standard InChI is InChI=1S/C16H17F2NO2/c17-15(18)21-13-4-2-1-3-12(13)14(20)16(9-19)8-10-5-6-11(16)7-10/h1-4,10-11,14-15,20H,5-8H2. The van der Waals surface area contributed by atoms with Gasteiger partial charge in [0.1, 0.15) is 11.9 Å². The maximum atomic E-state index is 12.5. The first-order valence-corrected chi connectivity index (χ1v) is 7.20. The topological polar surface area (TPSA) is 53.2 Å². The molecule has 4 atom stereocenters. The fourth-order valence-electron chi connectivity index (χ4n) is 4.09. The molecule has 0 aromatic heterocycles. The number of alkyl halides is 2. The van der Waals surface area contributed by atoms with Gasteiger partial charge in [0.05, 0.1) is 11.5 Å². The van der Waals surface area contributed by atoms with Crippen LogP contribution in [0.1, 0.15) is 37.4 Å². The normalized spacial score (nSPS) is 32.1. The van der Waals surface area contributed by atoms with Crippen LogP contribution < -0.4 is 4.74 Å². The van der Waals surface area contributed by atoms with Crippen molar-refractivity contribution in [2.45, 2.75) is 38.4 Å². The molecule has 0 saturated heterocycles. The zero-order chi connectivity index (χ0) is 15.0.